The first-order valence-corrected chi connectivity index (χ1v) is 8.18. The third-order valence-corrected chi connectivity index (χ3v) is 3.83. The number of hydrogen-bond acceptors (Lipinski definition) is 4. The first kappa shape index (κ1) is 17.4. The van der Waals surface area contributed by atoms with Crippen LogP contribution in [0.3, 0.4) is 0 Å². The van der Waals surface area contributed by atoms with Crippen LogP contribution in [0, 0.1) is 6.92 Å². The monoisotopic (exact) mass is 349 g/mol. The number of Topliss-reactive ketones (excluding diaryl/α,β-unsaturated/α-hetero) is 1. The second-order valence-electron chi connectivity index (χ2n) is 5.93. The Balaban J connectivity index is 1.60. The van der Waals surface area contributed by atoms with Crippen molar-refractivity contribution >= 4 is 23.5 Å². The summed E-state index contributed by atoms with van der Waals surface area (Å²) in [7, 11) is 0. The van der Waals surface area contributed by atoms with Gasteiger partial charge in [0.2, 0.25) is 5.91 Å². The van der Waals surface area contributed by atoms with Crippen LogP contribution in [0.2, 0.25) is 0 Å². The van der Waals surface area contributed by atoms with Crippen LogP contribution in [0.4, 0.5) is 5.69 Å². The lowest BCUT2D eigenvalue weighted by Gasteiger charge is -2.00. The normalized spacial score (nSPS) is 11.0. The molecular weight excluding hydrogens is 330 g/mol. The Morgan fingerprint density at radius 1 is 1.23 bits per heavy atom. The number of anilines is 1. The molecule has 0 saturated carbocycles. The van der Waals surface area contributed by atoms with E-state index >= 15 is 0 Å². The molecule has 0 unspecified atom stereocenters. The van der Waals surface area contributed by atoms with Crippen LogP contribution < -0.4 is 5.32 Å². The quantitative estimate of drug-likeness (QED) is 0.544. The number of carbonyl (C=O) groups is 2. The van der Waals surface area contributed by atoms with E-state index in [0.717, 1.165) is 11.1 Å². The van der Waals surface area contributed by atoms with Crippen LogP contribution in [0.5, 0.6) is 0 Å². The van der Waals surface area contributed by atoms with Gasteiger partial charge in [-0.3, -0.25) is 14.3 Å². The minimum Gasteiger partial charge on any atom is -0.456 e. The van der Waals surface area contributed by atoms with Gasteiger partial charge >= 0.3 is 0 Å². The Morgan fingerprint density at radius 3 is 2.77 bits per heavy atom. The van der Waals surface area contributed by atoms with E-state index in [1.807, 2.05) is 31.2 Å². The second kappa shape index (κ2) is 7.65. The van der Waals surface area contributed by atoms with Gasteiger partial charge in [-0.05, 0) is 36.3 Å². The smallest absolute Gasteiger partial charge is 0.248 e. The standard InChI is InChI=1S/C20H19N3O3/c1-14-5-3-4-6-16(14)7-10-20(25)22-17-11-21-23(12-17)13-18-8-9-19(26-18)15(2)24/h3-12H,13H2,1-2H3,(H,22,25). The largest absolute Gasteiger partial charge is 0.456 e. The molecule has 3 rings (SSSR count). The van der Waals surface area contributed by atoms with E-state index in [1.165, 1.54) is 13.0 Å². The van der Waals surface area contributed by atoms with E-state index in [1.54, 1.807) is 35.3 Å². The van der Waals surface area contributed by atoms with Crippen molar-refractivity contribution in [1.82, 2.24) is 9.78 Å². The fraction of sp³-hybridized carbons (Fsp3) is 0.150. The van der Waals surface area contributed by atoms with Crippen molar-refractivity contribution in [3.63, 3.8) is 0 Å². The van der Waals surface area contributed by atoms with Crippen molar-refractivity contribution in [1.29, 1.82) is 0 Å². The van der Waals surface area contributed by atoms with E-state index in [0.29, 0.717) is 23.8 Å². The van der Waals surface area contributed by atoms with Crippen LogP contribution in [-0.4, -0.2) is 21.5 Å². The molecule has 0 radical (unpaired) electrons. The number of nitrogens with zero attached hydrogens (tertiary/aromatic N) is 2. The first-order valence-electron chi connectivity index (χ1n) is 8.18. The topological polar surface area (TPSA) is 77.1 Å². The molecule has 1 amide bonds. The average molecular weight is 349 g/mol. The number of aryl methyl sites for hydroxylation is 1. The highest BCUT2D eigenvalue weighted by Crippen LogP contribution is 2.13. The lowest BCUT2D eigenvalue weighted by Crippen LogP contribution is -2.07. The Labute approximate surface area is 151 Å². The molecule has 132 valence electrons. The van der Waals surface area contributed by atoms with Gasteiger partial charge in [0.1, 0.15) is 5.76 Å². The summed E-state index contributed by atoms with van der Waals surface area (Å²) in [6.07, 6.45) is 6.54. The molecule has 1 aromatic carbocycles. The summed E-state index contributed by atoms with van der Waals surface area (Å²) < 4.78 is 7.06. The molecule has 0 aliphatic carbocycles. The molecule has 0 aliphatic heterocycles. The molecule has 2 heterocycles. The van der Waals surface area contributed by atoms with Gasteiger partial charge in [-0.25, -0.2) is 0 Å². The van der Waals surface area contributed by atoms with Crippen LogP contribution >= 0.6 is 0 Å². The van der Waals surface area contributed by atoms with Crippen molar-refractivity contribution in [2.24, 2.45) is 0 Å². The number of furan rings is 1. The van der Waals surface area contributed by atoms with Crippen LogP contribution in [0.15, 0.2) is 59.3 Å². The summed E-state index contributed by atoms with van der Waals surface area (Å²) in [5.74, 6) is 0.590. The minimum atomic E-state index is -0.232. The average Bonchev–Trinajstić information content (AvgIpc) is 3.24. The Bertz CT molecular complexity index is 966. The van der Waals surface area contributed by atoms with Gasteiger partial charge in [-0.15, -0.1) is 0 Å². The van der Waals surface area contributed by atoms with Gasteiger partial charge in [-0.2, -0.15) is 5.10 Å². The van der Waals surface area contributed by atoms with Gasteiger partial charge in [0, 0.05) is 19.2 Å². The van der Waals surface area contributed by atoms with Crippen molar-refractivity contribution in [2.75, 3.05) is 5.32 Å². The van der Waals surface area contributed by atoms with E-state index in [9.17, 15) is 9.59 Å². The SMILES string of the molecule is CC(=O)c1ccc(Cn2cc(NC(=O)C=Cc3ccccc3C)cn2)o1. The highest BCUT2D eigenvalue weighted by Gasteiger charge is 2.08. The van der Waals surface area contributed by atoms with Crippen molar-refractivity contribution in [3.05, 3.63) is 77.5 Å². The van der Waals surface area contributed by atoms with Crippen LogP contribution in [0.25, 0.3) is 6.08 Å². The zero-order valence-corrected chi connectivity index (χ0v) is 14.6. The summed E-state index contributed by atoms with van der Waals surface area (Å²) in [4.78, 5) is 23.3. The van der Waals surface area contributed by atoms with Crippen molar-refractivity contribution in [3.8, 4) is 0 Å². The number of aromatic nitrogens is 2. The van der Waals surface area contributed by atoms with Crippen LogP contribution in [0.1, 0.15) is 34.4 Å². The Kier molecular flexibility index (Phi) is 5.12. The molecule has 6 heteroatoms. The number of carbonyl (C=O) groups excluding carboxylic acids is 2. The van der Waals surface area contributed by atoms with Gasteiger partial charge in [0.15, 0.2) is 11.5 Å². The summed E-state index contributed by atoms with van der Waals surface area (Å²) in [5.41, 5.74) is 2.69. The number of hydrogen-bond donors (Lipinski definition) is 1. The van der Waals surface area contributed by atoms with Gasteiger partial charge in [0.25, 0.3) is 0 Å². The van der Waals surface area contributed by atoms with Gasteiger partial charge < -0.3 is 9.73 Å². The van der Waals surface area contributed by atoms with E-state index in [2.05, 4.69) is 10.4 Å². The Morgan fingerprint density at radius 2 is 2.04 bits per heavy atom. The zero-order valence-electron chi connectivity index (χ0n) is 14.6. The number of amides is 1. The molecule has 26 heavy (non-hydrogen) atoms. The lowest BCUT2D eigenvalue weighted by atomic mass is 10.1. The second-order valence-corrected chi connectivity index (χ2v) is 5.93. The molecule has 0 bridgehead atoms. The lowest BCUT2D eigenvalue weighted by molar-refractivity contribution is -0.111. The summed E-state index contributed by atoms with van der Waals surface area (Å²) in [5, 5.41) is 6.95. The highest BCUT2D eigenvalue weighted by atomic mass is 16.3. The summed E-state index contributed by atoms with van der Waals surface area (Å²) in [6.45, 7) is 3.82. The molecule has 6 nitrogen and oxygen atoms in total. The summed E-state index contributed by atoms with van der Waals surface area (Å²) in [6, 6.07) is 11.2. The molecule has 0 saturated heterocycles. The molecule has 0 atom stereocenters. The van der Waals surface area contributed by atoms with E-state index in [4.69, 9.17) is 4.42 Å². The molecule has 0 fully saturated rings. The Hall–Kier alpha value is -3.41. The molecule has 0 spiro atoms. The third-order valence-electron chi connectivity index (χ3n) is 3.83. The van der Waals surface area contributed by atoms with E-state index in [-0.39, 0.29) is 11.7 Å². The fourth-order valence-corrected chi connectivity index (χ4v) is 2.45. The van der Waals surface area contributed by atoms with Crippen LogP contribution in [-0.2, 0) is 11.3 Å². The van der Waals surface area contributed by atoms with Crippen molar-refractivity contribution in [2.45, 2.75) is 20.4 Å². The summed E-state index contributed by atoms with van der Waals surface area (Å²) >= 11 is 0. The van der Waals surface area contributed by atoms with Crippen molar-refractivity contribution < 1.29 is 14.0 Å². The third kappa shape index (κ3) is 4.36. The van der Waals surface area contributed by atoms with Gasteiger partial charge in [-0.1, -0.05) is 24.3 Å². The number of nitrogens with one attached hydrogen (secondary N) is 1. The molecule has 3 aromatic rings. The zero-order chi connectivity index (χ0) is 18.5. The molecule has 0 aliphatic rings. The number of ketones is 1. The van der Waals surface area contributed by atoms with E-state index < -0.39 is 0 Å². The predicted molar refractivity (Wildman–Crippen MR) is 98.9 cm³/mol. The first-order chi connectivity index (χ1) is 12.5. The predicted octanol–water partition coefficient (Wildman–Crippen LogP) is 3.69. The highest BCUT2D eigenvalue weighted by molar-refractivity contribution is 6.01. The maximum absolute atomic E-state index is 12.1. The minimum absolute atomic E-state index is 0.120. The number of benzene rings is 1. The van der Waals surface area contributed by atoms with Gasteiger partial charge in [0.05, 0.1) is 18.4 Å². The number of rotatable bonds is 6. The fourth-order valence-electron chi connectivity index (χ4n) is 2.45. The molecule has 1 N–H and O–H groups in total. The molecule has 2 aromatic heterocycles. The maximum Gasteiger partial charge on any atom is 0.248 e. The molecular formula is C20H19N3O3. The maximum atomic E-state index is 12.1.